The summed E-state index contributed by atoms with van der Waals surface area (Å²) in [6, 6.07) is 17.0. The van der Waals surface area contributed by atoms with Gasteiger partial charge in [0.25, 0.3) is 5.56 Å². The third-order valence-corrected chi connectivity index (χ3v) is 5.12. The van der Waals surface area contributed by atoms with Crippen LogP contribution in [0.3, 0.4) is 0 Å². The minimum absolute atomic E-state index is 0.0591. The maximum Gasteiger partial charge on any atom is 0.294 e. The molecule has 1 unspecified atom stereocenters. The molecule has 0 radical (unpaired) electrons. The Balaban J connectivity index is 1.64. The van der Waals surface area contributed by atoms with Crippen LogP contribution in [0.2, 0.25) is 0 Å². The number of nitrogens with zero attached hydrogens (tertiary/aromatic N) is 3. The number of ether oxygens (including phenoxy) is 1. The van der Waals surface area contributed by atoms with E-state index in [0.29, 0.717) is 43.2 Å². The molecule has 1 aromatic heterocycles. The summed E-state index contributed by atoms with van der Waals surface area (Å²) in [5.41, 5.74) is 2.10. The van der Waals surface area contributed by atoms with E-state index in [4.69, 9.17) is 4.74 Å². The van der Waals surface area contributed by atoms with E-state index in [0.717, 1.165) is 5.56 Å². The minimum Gasteiger partial charge on any atom is -0.378 e. The van der Waals surface area contributed by atoms with Crippen molar-refractivity contribution in [2.24, 2.45) is 0 Å². The Labute approximate surface area is 168 Å². The van der Waals surface area contributed by atoms with E-state index in [1.54, 1.807) is 0 Å². The van der Waals surface area contributed by atoms with E-state index in [1.165, 1.54) is 4.57 Å². The quantitative estimate of drug-likeness (QED) is 0.720. The third kappa shape index (κ3) is 4.14. The Morgan fingerprint density at radius 1 is 1.10 bits per heavy atom. The molecule has 1 atom stereocenters. The highest BCUT2D eigenvalue weighted by atomic mass is 16.5. The van der Waals surface area contributed by atoms with Crippen molar-refractivity contribution in [1.82, 2.24) is 14.9 Å². The molecule has 7 heteroatoms. The van der Waals surface area contributed by atoms with Gasteiger partial charge in [0.2, 0.25) is 5.91 Å². The summed E-state index contributed by atoms with van der Waals surface area (Å²) in [5, 5.41) is 2.98. The lowest BCUT2D eigenvalue weighted by Gasteiger charge is -2.28. The minimum atomic E-state index is -0.256. The van der Waals surface area contributed by atoms with Crippen molar-refractivity contribution in [2.45, 2.75) is 19.5 Å². The van der Waals surface area contributed by atoms with Crippen molar-refractivity contribution in [3.63, 3.8) is 0 Å². The van der Waals surface area contributed by atoms with Crippen LogP contribution in [0.25, 0.3) is 11.0 Å². The number of nitrogens with one attached hydrogen (secondary N) is 1. The molecule has 0 bridgehead atoms. The molecule has 2 heterocycles. The van der Waals surface area contributed by atoms with Crippen LogP contribution < -0.4 is 15.8 Å². The summed E-state index contributed by atoms with van der Waals surface area (Å²) in [7, 11) is 0. The number of carbonyl (C=O) groups is 1. The summed E-state index contributed by atoms with van der Waals surface area (Å²) in [6.45, 7) is 4.21. The zero-order valence-corrected chi connectivity index (χ0v) is 16.4. The first kappa shape index (κ1) is 19.1. The molecular formula is C22H24N4O3. The van der Waals surface area contributed by atoms with Crippen LogP contribution in [0.5, 0.6) is 0 Å². The summed E-state index contributed by atoms with van der Waals surface area (Å²) in [4.78, 5) is 32.5. The normalized spacial score (nSPS) is 15.3. The SMILES string of the molecule is CC(NC(=O)Cn1c(=O)c(N2CCOCC2)nc2ccccc21)c1ccccc1. The van der Waals surface area contributed by atoms with Gasteiger partial charge in [-0.25, -0.2) is 4.98 Å². The molecule has 7 nitrogen and oxygen atoms in total. The van der Waals surface area contributed by atoms with Gasteiger partial charge in [-0.1, -0.05) is 42.5 Å². The van der Waals surface area contributed by atoms with Crippen molar-refractivity contribution < 1.29 is 9.53 Å². The fraction of sp³-hybridized carbons (Fsp3) is 0.318. The van der Waals surface area contributed by atoms with E-state index >= 15 is 0 Å². The molecular weight excluding hydrogens is 368 g/mol. The molecule has 0 saturated carbocycles. The van der Waals surface area contributed by atoms with E-state index in [1.807, 2.05) is 66.4 Å². The highest BCUT2D eigenvalue weighted by Crippen LogP contribution is 2.16. The van der Waals surface area contributed by atoms with Crippen molar-refractivity contribution in [3.05, 3.63) is 70.5 Å². The second-order valence-corrected chi connectivity index (χ2v) is 7.11. The molecule has 3 aromatic rings. The molecule has 0 aliphatic carbocycles. The summed E-state index contributed by atoms with van der Waals surface area (Å²) in [6.07, 6.45) is 0. The Kier molecular flexibility index (Phi) is 5.57. The highest BCUT2D eigenvalue weighted by Gasteiger charge is 2.20. The Hall–Kier alpha value is -3.19. The van der Waals surface area contributed by atoms with E-state index in [-0.39, 0.29) is 24.1 Å². The number of para-hydroxylation sites is 2. The molecule has 2 aromatic carbocycles. The van der Waals surface area contributed by atoms with Gasteiger partial charge in [-0.3, -0.25) is 14.2 Å². The average molecular weight is 392 g/mol. The largest absolute Gasteiger partial charge is 0.378 e. The molecule has 1 amide bonds. The fourth-order valence-electron chi connectivity index (χ4n) is 3.57. The van der Waals surface area contributed by atoms with Crippen LogP contribution in [-0.2, 0) is 16.1 Å². The molecule has 0 spiro atoms. The van der Waals surface area contributed by atoms with Gasteiger partial charge in [0.15, 0.2) is 5.82 Å². The molecule has 4 rings (SSSR count). The lowest BCUT2D eigenvalue weighted by Crippen LogP contribution is -2.42. The van der Waals surface area contributed by atoms with Gasteiger partial charge >= 0.3 is 0 Å². The first-order chi connectivity index (χ1) is 14.1. The van der Waals surface area contributed by atoms with Crippen molar-refractivity contribution in [3.8, 4) is 0 Å². The Bertz CT molecular complexity index is 1060. The molecule has 1 N–H and O–H groups in total. The van der Waals surface area contributed by atoms with Gasteiger partial charge in [0.1, 0.15) is 6.54 Å². The number of hydrogen-bond acceptors (Lipinski definition) is 5. The first-order valence-corrected chi connectivity index (χ1v) is 9.80. The third-order valence-electron chi connectivity index (χ3n) is 5.12. The Morgan fingerprint density at radius 3 is 2.55 bits per heavy atom. The monoisotopic (exact) mass is 392 g/mol. The highest BCUT2D eigenvalue weighted by molar-refractivity contribution is 5.81. The van der Waals surface area contributed by atoms with Gasteiger partial charge in [0.05, 0.1) is 30.3 Å². The van der Waals surface area contributed by atoms with Gasteiger partial charge in [-0.15, -0.1) is 0 Å². The van der Waals surface area contributed by atoms with Crippen LogP contribution >= 0.6 is 0 Å². The lowest BCUT2D eigenvalue weighted by molar-refractivity contribution is -0.122. The van der Waals surface area contributed by atoms with Crippen LogP contribution in [0.1, 0.15) is 18.5 Å². The van der Waals surface area contributed by atoms with Crippen molar-refractivity contribution >= 4 is 22.8 Å². The van der Waals surface area contributed by atoms with Gasteiger partial charge in [-0.2, -0.15) is 0 Å². The number of rotatable bonds is 5. The van der Waals surface area contributed by atoms with Gasteiger partial charge < -0.3 is 15.0 Å². The number of amides is 1. The van der Waals surface area contributed by atoms with Crippen molar-refractivity contribution in [2.75, 3.05) is 31.2 Å². The maximum absolute atomic E-state index is 13.2. The number of aromatic nitrogens is 2. The Morgan fingerprint density at radius 2 is 1.79 bits per heavy atom. The van der Waals surface area contributed by atoms with E-state index < -0.39 is 0 Å². The van der Waals surface area contributed by atoms with Crippen molar-refractivity contribution in [1.29, 1.82) is 0 Å². The lowest BCUT2D eigenvalue weighted by atomic mass is 10.1. The molecule has 1 fully saturated rings. The van der Waals surface area contributed by atoms with Crippen LogP contribution in [0.15, 0.2) is 59.4 Å². The van der Waals surface area contributed by atoms with E-state index in [9.17, 15) is 9.59 Å². The molecule has 1 aliphatic heterocycles. The second-order valence-electron chi connectivity index (χ2n) is 7.11. The van der Waals surface area contributed by atoms with Crippen LogP contribution in [0, 0.1) is 0 Å². The zero-order chi connectivity index (χ0) is 20.2. The van der Waals surface area contributed by atoms with Gasteiger partial charge in [-0.05, 0) is 24.6 Å². The van der Waals surface area contributed by atoms with Gasteiger partial charge in [0, 0.05) is 13.1 Å². The topological polar surface area (TPSA) is 76.5 Å². The number of carbonyl (C=O) groups excluding carboxylic acids is 1. The number of hydrogen-bond donors (Lipinski definition) is 1. The molecule has 150 valence electrons. The number of anilines is 1. The standard InChI is InChI=1S/C22H24N4O3/c1-16(17-7-3-2-4-8-17)23-20(27)15-26-19-10-6-5-9-18(19)24-21(22(26)28)25-11-13-29-14-12-25/h2-10,16H,11-15H2,1H3,(H,23,27). The first-order valence-electron chi connectivity index (χ1n) is 9.80. The molecule has 29 heavy (non-hydrogen) atoms. The maximum atomic E-state index is 13.2. The zero-order valence-electron chi connectivity index (χ0n) is 16.4. The predicted molar refractivity (Wildman–Crippen MR) is 112 cm³/mol. The summed E-state index contributed by atoms with van der Waals surface area (Å²) in [5.74, 6) is 0.156. The van der Waals surface area contributed by atoms with Crippen LogP contribution in [0.4, 0.5) is 5.82 Å². The second kappa shape index (κ2) is 8.45. The summed E-state index contributed by atoms with van der Waals surface area (Å²) >= 11 is 0. The number of morpholine rings is 1. The predicted octanol–water partition coefficient (Wildman–Crippen LogP) is 2.11. The molecule has 1 aliphatic rings. The number of benzene rings is 2. The molecule has 1 saturated heterocycles. The summed E-state index contributed by atoms with van der Waals surface area (Å²) < 4.78 is 6.90. The van der Waals surface area contributed by atoms with E-state index in [2.05, 4.69) is 10.3 Å². The number of fused-ring (bicyclic) bond motifs is 1. The fourth-order valence-corrected chi connectivity index (χ4v) is 3.57. The van der Waals surface area contributed by atoms with Crippen LogP contribution in [-0.4, -0.2) is 41.8 Å². The average Bonchev–Trinajstić information content (AvgIpc) is 2.76. The smallest absolute Gasteiger partial charge is 0.294 e.